The zero-order chi connectivity index (χ0) is 25.0. The molecule has 0 spiro atoms. The second kappa shape index (κ2) is 13.2. The van der Waals surface area contributed by atoms with Gasteiger partial charge in [-0.05, 0) is 67.4 Å². The van der Waals surface area contributed by atoms with Crippen molar-refractivity contribution in [1.29, 1.82) is 0 Å². The van der Waals surface area contributed by atoms with Gasteiger partial charge in [0.25, 0.3) is 5.91 Å². The molecule has 36 heavy (non-hydrogen) atoms. The summed E-state index contributed by atoms with van der Waals surface area (Å²) in [5.74, 6) is 1.25. The molecular formula is C29H33N3O4. The molecule has 3 aromatic carbocycles. The quantitative estimate of drug-likeness (QED) is 0.321. The number of nitrogens with one attached hydrogen (secondary N) is 3. The maximum absolute atomic E-state index is 12.6. The lowest BCUT2D eigenvalue weighted by Crippen LogP contribution is -2.36. The van der Waals surface area contributed by atoms with E-state index in [9.17, 15) is 9.59 Å². The summed E-state index contributed by atoms with van der Waals surface area (Å²) in [5, 5.41) is 9.06. The highest BCUT2D eigenvalue weighted by atomic mass is 16.5. The van der Waals surface area contributed by atoms with Gasteiger partial charge in [0.05, 0.1) is 6.54 Å². The first kappa shape index (κ1) is 25.1. The SMILES string of the molecule is O=C(CNc1ccc(OCCOc2ccccc2)cc1)Nc1cccc(C(=O)NC2CCCCC2)c1. The number of amides is 2. The second-order valence-electron chi connectivity index (χ2n) is 8.83. The van der Waals surface area contributed by atoms with Gasteiger partial charge in [-0.2, -0.15) is 0 Å². The molecule has 3 aromatic rings. The van der Waals surface area contributed by atoms with E-state index >= 15 is 0 Å². The molecule has 0 saturated heterocycles. The molecule has 2 amide bonds. The van der Waals surface area contributed by atoms with Gasteiger partial charge in [-0.25, -0.2) is 0 Å². The lowest BCUT2D eigenvalue weighted by atomic mass is 9.95. The summed E-state index contributed by atoms with van der Waals surface area (Å²) in [4.78, 5) is 25.0. The number of hydrogen-bond donors (Lipinski definition) is 3. The topological polar surface area (TPSA) is 88.7 Å². The van der Waals surface area contributed by atoms with Crippen LogP contribution in [0, 0.1) is 0 Å². The van der Waals surface area contributed by atoms with E-state index in [1.807, 2.05) is 54.6 Å². The first-order valence-electron chi connectivity index (χ1n) is 12.5. The van der Waals surface area contributed by atoms with Crippen molar-refractivity contribution < 1.29 is 19.1 Å². The van der Waals surface area contributed by atoms with Crippen LogP contribution < -0.4 is 25.4 Å². The number of carbonyl (C=O) groups is 2. The smallest absolute Gasteiger partial charge is 0.251 e. The molecule has 0 unspecified atom stereocenters. The summed E-state index contributed by atoms with van der Waals surface area (Å²) in [7, 11) is 0. The molecule has 0 heterocycles. The molecule has 0 aromatic heterocycles. The van der Waals surface area contributed by atoms with Crippen LogP contribution in [0.25, 0.3) is 0 Å². The molecule has 188 valence electrons. The molecule has 7 heteroatoms. The van der Waals surface area contributed by atoms with Gasteiger partial charge >= 0.3 is 0 Å². The number of para-hydroxylation sites is 1. The Morgan fingerprint density at radius 2 is 1.44 bits per heavy atom. The van der Waals surface area contributed by atoms with Gasteiger partial charge in [-0.3, -0.25) is 9.59 Å². The van der Waals surface area contributed by atoms with Crippen molar-refractivity contribution in [2.45, 2.75) is 38.1 Å². The fourth-order valence-corrected chi connectivity index (χ4v) is 4.15. The lowest BCUT2D eigenvalue weighted by molar-refractivity contribution is -0.114. The molecule has 0 bridgehead atoms. The molecule has 0 radical (unpaired) electrons. The number of anilines is 2. The molecule has 1 fully saturated rings. The average Bonchev–Trinajstić information content (AvgIpc) is 2.92. The zero-order valence-corrected chi connectivity index (χ0v) is 20.4. The average molecular weight is 488 g/mol. The van der Waals surface area contributed by atoms with Gasteiger partial charge in [-0.1, -0.05) is 43.5 Å². The van der Waals surface area contributed by atoms with E-state index in [2.05, 4.69) is 16.0 Å². The molecule has 7 nitrogen and oxygen atoms in total. The summed E-state index contributed by atoms with van der Waals surface area (Å²) in [6, 6.07) is 24.3. The van der Waals surface area contributed by atoms with Crippen molar-refractivity contribution in [3.05, 3.63) is 84.4 Å². The third-order valence-electron chi connectivity index (χ3n) is 6.02. The van der Waals surface area contributed by atoms with Gasteiger partial charge in [0, 0.05) is 23.0 Å². The van der Waals surface area contributed by atoms with Crippen LogP contribution >= 0.6 is 0 Å². The molecule has 3 N–H and O–H groups in total. The fraction of sp³-hybridized carbons (Fsp3) is 0.310. The molecular weight excluding hydrogens is 454 g/mol. The van der Waals surface area contributed by atoms with Gasteiger partial charge in [-0.15, -0.1) is 0 Å². The summed E-state index contributed by atoms with van der Waals surface area (Å²) < 4.78 is 11.3. The Bertz CT molecular complexity index is 1110. The summed E-state index contributed by atoms with van der Waals surface area (Å²) in [5.41, 5.74) is 1.95. The van der Waals surface area contributed by atoms with E-state index in [0.29, 0.717) is 24.5 Å². The van der Waals surface area contributed by atoms with E-state index in [4.69, 9.17) is 9.47 Å². The van der Waals surface area contributed by atoms with Crippen molar-refractivity contribution in [3.63, 3.8) is 0 Å². The molecule has 0 atom stereocenters. The normalized spacial score (nSPS) is 13.4. The Morgan fingerprint density at radius 3 is 2.17 bits per heavy atom. The summed E-state index contributed by atoms with van der Waals surface area (Å²) in [6.07, 6.45) is 5.62. The van der Waals surface area contributed by atoms with Crippen LogP contribution in [0.5, 0.6) is 11.5 Å². The number of rotatable bonds is 11. The minimum atomic E-state index is -0.196. The Hall–Kier alpha value is -4.00. The van der Waals surface area contributed by atoms with E-state index in [1.165, 1.54) is 6.42 Å². The van der Waals surface area contributed by atoms with Gasteiger partial charge in [0.1, 0.15) is 24.7 Å². The van der Waals surface area contributed by atoms with Crippen LogP contribution in [-0.4, -0.2) is 37.6 Å². The van der Waals surface area contributed by atoms with Crippen LogP contribution in [0.2, 0.25) is 0 Å². The van der Waals surface area contributed by atoms with Crippen molar-refractivity contribution in [2.24, 2.45) is 0 Å². The zero-order valence-electron chi connectivity index (χ0n) is 20.4. The third kappa shape index (κ3) is 8.05. The minimum absolute atomic E-state index is 0.0925. The van der Waals surface area contributed by atoms with Crippen molar-refractivity contribution >= 4 is 23.2 Å². The van der Waals surface area contributed by atoms with Gasteiger partial charge in [0.15, 0.2) is 0 Å². The highest BCUT2D eigenvalue weighted by Crippen LogP contribution is 2.19. The van der Waals surface area contributed by atoms with E-state index in [-0.39, 0.29) is 24.4 Å². The molecule has 4 rings (SSSR count). The lowest BCUT2D eigenvalue weighted by Gasteiger charge is -2.22. The molecule has 1 aliphatic rings. The Labute approximate surface area is 212 Å². The Kier molecular flexibility index (Phi) is 9.19. The van der Waals surface area contributed by atoms with Crippen molar-refractivity contribution in [1.82, 2.24) is 5.32 Å². The van der Waals surface area contributed by atoms with Crippen LogP contribution in [0.4, 0.5) is 11.4 Å². The highest BCUT2D eigenvalue weighted by Gasteiger charge is 2.17. The molecule has 1 aliphatic carbocycles. The van der Waals surface area contributed by atoms with Gasteiger partial charge < -0.3 is 25.4 Å². The third-order valence-corrected chi connectivity index (χ3v) is 6.02. The van der Waals surface area contributed by atoms with Crippen LogP contribution in [0.3, 0.4) is 0 Å². The van der Waals surface area contributed by atoms with E-state index in [1.54, 1.807) is 24.3 Å². The fourth-order valence-electron chi connectivity index (χ4n) is 4.15. The number of ether oxygens (including phenoxy) is 2. The highest BCUT2D eigenvalue weighted by molar-refractivity contribution is 5.98. The number of benzene rings is 3. The Morgan fingerprint density at radius 1 is 0.750 bits per heavy atom. The van der Waals surface area contributed by atoms with Crippen LogP contribution in [0.1, 0.15) is 42.5 Å². The number of hydrogen-bond acceptors (Lipinski definition) is 5. The van der Waals surface area contributed by atoms with Gasteiger partial charge in [0.2, 0.25) is 5.91 Å². The van der Waals surface area contributed by atoms with E-state index in [0.717, 1.165) is 42.9 Å². The first-order chi connectivity index (χ1) is 17.7. The number of carbonyl (C=O) groups excluding carboxylic acids is 2. The molecule has 0 aliphatic heterocycles. The largest absolute Gasteiger partial charge is 0.490 e. The minimum Gasteiger partial charge on any atom is -0.490 e. The van der Waals surface area contributed by atoms with E-state index < -0.39 is 0 Å². The predicted molar refractivity (Wildman–Crippen MR) is 142 cm³/mol. The second-order valence-corrected chi connectivity index (χ2v) is 8.83. The maximum Gasteiger partial charge on any atom is 0.251 e. The van der Waals surface area contributed by atoms with Crippen molar-refractivity contribution in [3.8, 4) is 11.5 Å². The van der Waals surface area contributed by atoms with Crippen LogP contribution in [0.15, 0.2) is 78.9 Å². The summed E-state index contributed by atoms with van der Waals surface area (Å²) in [6.45, 7) is 0.985. The maximum atomic E-state index is 12.6. The summed E-state index contributed by atoms with van der Waals surface area (Å²) >= 11 is 0. The predicted octanol–water partition coefficient (Wildman–Crippen LogP) is 5.26. The first-order valence-corrected chi connectivity index (χ1v) is 12.5. The van der Waals surface area contributed by atoms with Crippen LogP contribution in [-0.2, 0) is 4.79 Å². The van der Waals surface area contributed by atoms with Crippen molar-refractivity contribution in [2.75, 3.05) is 30.4 Å². The molecule has 1 saturated carbocycles. The Balaban J connectivity index is 1.17. The monoisotopic (exact) mass is 487 g/mol. The standard InChI is InChI=1S/C29H33N3O4/c33-28(31-25-11-7-8-22(20-25)29(34)32-24-9-3-1-4-10-24)21-30-23-14-16-27(17-15-23)36-19-18-35-26-12-5-2-6-13-26/h2,5-8,11-17,20,24,30H,1,3-4,9-10,18-19,21H2,(H,31,33)(H,32,34).